The molecule has 0 bridgehead atoms. The van der Waals surface area contributed by atoms with Crippen molar-refractivity contribution in [1.82, 2.24) is 4.90 Å². The summed E-state index contributed by atoms with van der Waals surface area (Å²) >= 11 is 0. The summed E-state index contributed by atoms with van der Waals surface area (Å²) in [5, 5.41) is 10.9. The monoisotopic (exact) mass is 277 g/mol. The Morgan fingerprint density at radius 3 is 2.85 bits per heavy atom. The van der Waals surface area contributed by atoms with Crippen molar-refractivity contribution in [2.45, 2.75) is 45.2 Å². The number of anilines is 1. The van der Waals surface area contributed by atoms with Crippen LogP contribution in [0.3, 0.4) is 0 Å². The van der Waals surface area contributed by atoms with Gasteiger partial charge in [0.25, 0.3) is 5.69 Å². The number of nitro benzene ring substituents is 1. The standard InChI is InChI=1S/C15H23N3O2/c1-11-4-3-5-13(8-11)17(2)10-12-6-7-14(16)15(9-12)18(19)20/h6-7,9,11,13H,3-5,8,10,16H2,1-2H3. The first-order chi connectivity index (χ1) is 9.47. The normalized spacial score (nSPS) is 22.9. The first-order valence-corrected chi connectivity index (χ1v) is 7.20. The molecule has 2 atom stereocenters. The topological polar surface area (TPSA) is 72.4 Å². The number of hydrogen-bond acceptors (Lipinski definition) is 4. The predicted octanol–water partition coefficient (Wildman–Crippen LogP) is 3.19. The maximum absolute atomic E-state index is 10.9. The van der Waals surface area contributed by atoms with Gasteiger partial charge in [-0.3, -0.25) is 15.0 Å². The van der Waals surface area contributed by atoms with Crippen molar-refractivity contribution < 1.29 is 4.92 Å². The summed E-state index contributed by atoms with van der Waals surface area (Å²) in [6, 6.07) is 5.68. The van der Waals surface area contributed by atoms with Crippen LogP contribution in [-0.2, 0) is 6.54 Å². The molecule has 0 radical (unpaired) electrons. The maximum atomic E-state index is 10.9. The van der Waals surface area contributed by atoms with E-state index in [9.17, 15) is 10.1 Å². The van der Waals surface area contributed by atoms with E-state index in [1.807, 2.05) is 6.07 Å². The largest absolute Gasteiger partial charge is 0.393 e. The van der Waals surface area contributed by atoms with Gasteiger partial charge in [-0.15, -0.1) is 0 Å². The average Bonchev–Trinajstić information content (AvgIpc) is 2.40. The van der Waals surface area contributed by atoms with Crippen molar-refractivity contribution in [2.75, 3.05) is 12.8 Å². The molecule has 1 fully saturated rings. The lowest BCUT2D eigenvalue weighted by molar-refractivity contribution is -0.384. The van der Waals surface area contributed by atoms with Crippen LogP contribution in [0.4, 0.5) is 11.4 Å². The molecule has 1 saturated carbocycles. The van der Waals surface area contributed by atoms with E-state index in [4.69, 9.17) is 5.73 Å². The highest BCUT2D eigenvalue weighted by Crippen LogP contribution is 2.28. The Kier molecular flexibility index (Phi) is 4.60. The highest BCUT2D eigenvalue weighted by Gasteiger charge is 2.23. The first kappa shape index (κ1) is 14.8. The third-order valence-electron chi connectivity index (χ3n) is 4.26. The van der Waals surface area contributed by atoms with Gasteiger partial charge in [-0.05, 0) is 37.4 Å². The first-order valence-electron chi connectivity index (χ1n) is 7.20. The molecule has 1 aromatic carbocycles. The lowest BCUT2D eigenvalue weighted by Gasteiger charge is -2.34. The Labute approximate surface area is 119 Å². The van der Waals surface area contributed by atoms with Crippen molar-refractivity contribution in [1.29, 1.82) is 0 Å². The number of nitro groups is 1. The third kappa shape index (κ3) is 3.48. The van der Waals surface area contributed by atoms with Crippen molar-refractivity contribution in [3.8, 4) is 0 Å². The molecular weight excluding hydrogens is 254 g/mol. The van der Waals surface area contributed by atoms with Gasteiger partial charge >= 0.3 is 0 Å². The molecule has 1 aliphatic rings. The molecular formula is C15H23N3O2. The maximum Gasteiger partial charge on any atom is 0.292 e. The fraction of sp³-hybridized carbons (Fsp3) is 0.600. The highest BCUT2D eigenvalue weighted by atomic mass is 16.6. The highest BCUT2D eigenvalue weighted by molar-refractivity contribution is 5.59. The minimum Gasteiger partial charge on any atom is -0.393 e. The van der Waals surface area contributed by atoms with Crippen LogP contribution in [0.2, 0.25) is 0 Å². The van der Waals surface area contributed by atoms with Crippen LogP contribution in [0.15, 0.2) is 18.2 Å². The predicted molar refractivity (Wildman–Crippen MR) is 80.4 cm³/mol. The van der Waals surface area contributed by atoms with E-state index < -0.39 is 4.92 Å². The molecule has 0 aromatic heterocycles. The zero-order valence-electron chi connectivity index (χ0n) is 12.2. The molecule has 2 rings (SSSR count). The van der Waals surface area contributed by atoms with Gasteiger partial charge in [0.1, 0.15) is 5.69 Å². The average molecular weight is 277 g/mol. The third-order valence-corrected chi connectivity index (χ3v) is 4.26. The Morgan fingerprint density at radius 2 is 2.20 bits per heavy atom. The summed E-state index contributed by atoms with van der Waals surface area (Å²) in [7, 11) is 2.10. The summed E-state index contributed by atoms with van der Waals surface area (Å²) in [4.78, 5) is 12.8. The van der Waals surface area contributed by atoms with Gasteiger partial charge in [0.05, 0.1) is 4.92 Å². The van der Waals surface area contributed by atoms with E-state index in [0.717, 1.165) is 18.0 Å². The van der Waals surface area contributed by atoms with E-state index in [-0.39, 0.29) is 11.4 Å². The molecule has 1 aliphatic carbocycles. The SMILES string of the molecule is CC1CCCC(N(C)Cc2ccc(N)c([N+](=O)[O-])c2)C1. The number of nitrogens with two attached hydrogens (primary N) is 1. The lowest BCUT2D eigenvalue weighted by Crippen LogP contribution is -2.35. The molecule has 0 heterocycles. The van der Waals surface area contributed by atoms with Gasteiger partial charge in [0, 0.05) is 18.7 Å². The molecule has 2 unspecified atom stereocenters. The van der Waals surface area contributed by atoms with Gasteiger partial charge in [0.15, 0.2) is 0 Å². The number of hydrogen-bond donors (Lipinski definition) is 1. The Morgan fingerprint density at radius 1 is 1.45 bits per heavy atom. The quantitative estimate of drug-likeness (QED) is 0.521. The summed E-state index contributed by atoms with van der Waals surface area (Å²) < 4.78 is 0. The van der Waals surface area contributed by atoms with Crippen LogP contribution in [-0.4, -0.2) is 22.9 Å². The Hall–Kier alpha value is -1.62. The second-order valence-corrected chi connectivity index (χ2v) is 5.99. The molecule has 1 aromatic rings. The van der Waals surface area contributed by atoms with Gasteiger partial charge in [-0.1, -0.05) is 25.8 Å². The smallest absolute Gasteiger partial charge is 0.292 e. The van der Waals surface area contributed by atoms with Crippen molar-refractivity contribution >= 4 is 11.4 Å². The molecule has 0 amide bonds. The lowest BCUT2D eigenvalue weighted by atomic mass is 9.86. The van der Waals surface area contributed by atoms with Crippen LogP contribution in [0.1, 0.15) is 38.2 Å². The molecule has 5 nitrogen and oxygen atoms in total. The second-order valence-electron chi connectivity index (χ2n) is 5.99. The second kappa shape index (κ2) is 6.22. The van der Waals surface area contributed by atoms with Gasteiger partial charge in [0.2, 0.25) is 0 Å². The van der Waals surface area contributed by atoms with E-state index in [2.05, 4.69) is 18.9 Å². The minimum absolute atomic E-state index is 0.00733. The molecule has 20 heavy (non-hydrogen) atoms. The molecule has 5 heteroatoms. The number of nitrogens with zero attached hydrogens (tertiary/aromatic N) is 2. The zero-order chi connectivity index (χ0) is 14.7. The van der Waals surface area contributed by atoms with Gasteiger partial charge in [-0.25, -0.2) is 0 Å². The molecule has 0 aliphatic heterocycles. The van der Waals surface area contributed by atoms with Gasteiger partial charge in [-0.2, -0.15) is 0 Å². The summed E-state index contributed by atoms with van der Waals surface area (Å²) in [6.07, 6.45) is 5.03. The van der Waals surface area contributed by atoms with Crippen molar-refractivity contribution in [3.63, 3.8) is 0 Å². The van der Waals surface area contributed by atoms with Gasteiger partial charge < -0.3 is 5.73 Å². The summed E-state index contributed by atoms with van der Waals surface area (Å²) in [5.74, 6) is 0.775. The fourth-order valence-corrected chi connectivity index (χ4v) is 3.07. The van der Waals surface area contributed by atoms with Crippen molar-refractivity contribution in [2.24, 2.45) is 5.92 Å². The Bertz CT molecular complexity index is 490. The van der Waals surface area contributed by atoms with Crippen LogP contribution < -0.4 is 5.73 Å². The summed E-state index contributed by atoms with van der Waals surface area (Å²) in [6.45, 7) is 3.03. The molecule has 110 valence electrons. The van der Waals surface area contributed by atoms with Crippen LogP contribution in [0, 0.1) is 16.0 Å². The number of rotatable bonds is 4. The fourth-order valence-electron chi connectivity index (χ4n) is 3.07. The molecule has 0 spiro atoms. The minimum atomic E-state index is -0.415. The molecule has 2 N–H and O–H groups in total. The van der Waals surface area contributed by atoms with Crippen LogP contribution >= 0.6 is 0 Å². The zero-order valence-corrected chi connectivity index (χ0v) is 12.2. The Balaban J connectivity index is 2.05. The van der Waals surface area contributed by atoms with E-state index in [1.54, 1.807) is 12.1 Å². The summed E-state index contributed by atoms with van der Waals surface area (Å²) in [5.41, 5.74) is 6.81. The number of nitrogen functional groups attached to an aromatic ring is 1. The van der Waals surface area contributed by atoms with E-state index in [0.29, 0.717) is 6.04 Å². The van der Waals surface area contributed by atoms with Crippen LogP contribution in [0.5, 0.6) is 0 Å². The molecule has 0 saturated heterocycles. The van der Waals surface area contributed by atoms with Crippen molar-refractivity contribution in [3.05, 3.63) is 33.9 Å². The van der Waals surface area contributed by atoms with Crippen LogP contribution in [0.25, 0.3) is 0 Å². The van der Waals surface area contributed by atoms with E-state index in [1.165, 1.54) is 25.7 Å². The number of benzene rings is 1. The van der Waals surface area contributed by atoms with E-state index >= 15 is 0 Å².